The van der Waals surface area contributed by atoms with Gasteiger partial charge >= 0.3 is 0 Å². The van der Waals surface area contributed by atoms with Crippen LogP contribution >= 0.6 is 0 Å². The monoisotopic (exact) mass is 240 g/mol. The van der Waals surface area contributed by atoms with E-state index in [0.717, 1.165) is 26.3 Å². The summed E-state index contributed by atoms with van der Waals surface area (Å²) in [6.45, 7) is 9.26. The molecule has 0 bridgehead atoms. The Labute approximate surface area is 104 Å². The van der Waals surface area contributed by atoms with Crippen molar-refractivity contribution in [3.8, 4) is 0 Å². The predicted molar refractivity (Wildman–Crippen MR) is 66.2 cm³/mol. The van der Waals surface area contributed by atoms with E-state index in [-0.39, 0.29) is 0 Å². The number of ether oxygens (including phenoxy) is 2. The van der Waals surface area contributed by atoms with Crippen molar-refractivity contribution in [2.75, 3.05) is 52.5 Å². The maximum atomic E-state index is 5.33. The van der Waals surface area contributed by atoms with Gasteiger partial charge in [0.15, 0.2) is 0 Å². The highest BCUT2D eigenvalue weighted by atomic mass is 16.6. The third-order valence-corrected chi connectivity index (χ3v) is 3.88. The fourth-order valence-electron chi connectivity index (χ4n) is 2.70. The molecule has 3 aliphatic heterocycles. The first-order valence-electron chi connectivity index (χ1n) is 7.08. The topological polar surface area (TPSA) is 31.5 Å². The predicted octanol–water partition coefficient (Wildman–Crippen LogP) is 0.572. The van der Waals surface area contributed by atoms with Crippen molar-refractivity contribution in [1.29, 1.82) is 0 Å². The van der Waals surface area contributed by atoms with Crippen LogP contribution < -0.4 is 0 Å². The van der Waals surface area contributed by atoms with Crippen LogP contribution in [0.15, 0.2) is 0 Å². The fourth-order valence-corrected chi connectivity index (χ4v) is 2.70. The Balaban J connectivity index is 1.33. The SMILES string of the molecule is C1CCN(CCCN(CC2CO2)CC2CO2)C1. The van der Waals surface area contributed by atoms with Crippen molar-refractivity contribution < 1.29 is 9.47 Å². The molecular formula is C13H24N2O2. The minimum atomic E-state index is 0.514. The van der Waals surface area contributed by atoms with E-state index < -0.39 is 0 Å². The second-order valence-electron chi connectivity index (χ2n) is 5.57. The lowest BCUT2D eigenvalue weighted by atomic mass is 10.3. The molecule has 0 aromatic carbocycles. The smallest absolute Gasteiger partial charge is 0.0936 e. The first-order valence-corrected chi connectivity index (χ1v) is 7.08. The van der Waals surface area contributed by atoms with Crippen LogP contribution in [0.2, 0.25) is 0 Å². The van der Waals surface area contributed by atoms with Gasteiger partial charge in [-0.05, 0) is 45.4 Å². The number of hydrogen-bond acceptors (Lipinski definition) is 4. The number of nitrogens with zero attached hydrogens (tertiary/aromatic N) is 2. The molecule has 0 N–H and O–H groups in total. The first-order chi connectivity index (χ1) is 8.40. The Morgan fingerprint density at radius 3 is 2.12 bits per heavy atom. The van der Waals surface area contributed by atoms with E-state index in [9.17, 15) is 0 Å². The Bertz CT molecular complexity index is 222. The van der Waals surface area contributed by atoms with E-state index in [2.05, 4.69) is 9.80 Å². The molecule has 0 radical (unpaired) electrons. The zero-order chi connectivity index (χ0) is 11.5. The van der Waals surface area contributed by atoms with Crippen molar-refractivity contribution in [3.05, 3.63) is 0 Å². The maximum Gasteiger partial charge on any atom is 0.0936 e. The second kappa shape index (κ2) is 5.65. The van der Waals surface area contributed by atoms with E-state index in [0.29, 0.717) is 12.2 Å². The van der Waals surface area contributed by atoms with Crippen LogP contribution in [0.1, 0.15) is 19.3 Å². The van der Waals surface area contributed by atoms with E-state index in [1.54, 1.807) is 0 Å². The van der Waals surface area contributed by atoms with Crippen molar-refractivity contribution in [3.63, 3.8) is 0 Å². The first kappa shape index (κ1) is 11.9. The molecule has 0 aromatic heterocycles. The van der Waals surface area contributed by atoms with Crippen LogP contribution in [-0.4, -0.2) is 74.5 Å². The van der Waals surface area contributed by atoms with Gasteiger partial charge in [-0.3, -0.25) is 4.90 Å². The van der Waals surface area contributed by atoms with Gasteiger partial charge in [-0.1, -0.05) is 0 Å². The van der Waals surface area contributed by atoms with E-state index in [1.165, 1.54) is 45.4 Å². The number of likely N-dealkylation sites (tertiary alicyclic amines) is 1. The molecule has 2 unspecified atom stereocenters. The Morgan fingerprint density at radius 2 is 1.59 bits per heavy atom. The summed E-state index contributed by atoms with van der Waals surface area (Å²) in [7, 11) is 0. The summed E-state index contributed by atoms with van der Waals surface area (Å²) in [5.41, 5.74) is 0. The van der Waals surface area contributed by atoms with Gasteiger partial charge in [0.1, 0.15) is 0 Å². The van der Waals surface area contributed by atoms with Gasteiger partial charge < -0.3 is 14.4 Å². The highest BCUT2D eigenvalue weighted by molar-refractivity contribution is 4.80. The van der Waals surface area contributed by atoms with Gasteiger partial charge in [-0.15, -0.1) is 0 Å². The zero-order valence-electron chi connectivity index (χ0n) is 10.6. The normalized spacial score (nSPS) is 32.3. The Morgan fingerprint density at radius 1 is 1.00 bits per heavy atom. The number of hydrogen-bond donors (Lipinski definition) is 0. The molecule has 0 aromatic rings. The molecule has 17 heavy (non-hydrogen) atoms. The molecule has 3 fully saturated rings. The Kier molecular flexibility index (Phi) is 3.96. The van der Waals surface area contributed by atoms with Gasteiger partial charge in [0, 0.05) is 13.1 Å². The Hall–Kier alpha value is -0.160. The third kappa shape index (κ3) is 4.21. The zero-order valence-corrected chi connectivity index (χ0v) is 10.6. The van der Waals surface area contributed by atoms with Crippen molar-refractivity contribution in [2.45, 2.75) is 31.5 Å². The largest absolute Gasteiger partial charge is 0.372 e. The van der Waals surface area contributed by atoms with Crippen LogP contribution in [0.3, 0.4) is 0 Å². The summed E-state index contributed by atoms with van der Waals surface area (Å²) < 4.78 is 10.7. The molecule has 0 amide bonds. The molecule has 2 atom stereocenters. The van der Waals surface area contributed by atoms with Crippen LogP contribution in [0.5, 0.6) is 0 Å². The molecule has 0 aliphatic carbocycles. The van der Waals surface area contributed by atoms with E-state index in [4.69, 9.17) is 9.47 Å². The van der Waals surface area contributed by atoms with Gasteiger partial charge in [0.2, 0.25) is 0 Å². The summed E-state index contributed by atoms with van der Waals surface area (Å²) in [5, 5.41) is 0. The molecule has 0 spiro atoms. The van der Waals surface area contributed by atoms with Gasteiger partial charge in [-0.2, -0.15) is 0 Å². The summed E-state index contributed by atoms with van der Waals surface area (Å²) in [4.78, 5) is 5.13. The lowest BCUT2D eigenvalue weighted by Crippen LogP contribution is -2.34. The molecule has 3 rings (SSSR count). The molecule has 98 valence electrons. The van der Waals surface area contributed by atoms with Crippen molar-refractivity contribution in [2.24, 2.45) is 0 Å². The van der Waals surface area contributed by atoms with E-state index in [1.807, 2.05) is 0 Å². The molecule has 3 saturated heterocycles. The van der Waals surface area contributed by atoms with Crippen LogP contribution in [0, 0.1) is 0 Å². The summed E-state index contributed by atoms with van der Waals surface area (Å²) in [5.74, 6) is 0. The third-order valence-electron chi connectivity index (χ3n) is 3.88. The molecule has 4 heteroatoms. The van der Waals surface area contributed by atoms with Crippen molar-refractivity contribution >= 4 is 0 Å². The lowest BCUT2D eigenvalue weighted by Gasteiger charge is -2.22. The minimum Gasteiger partial charge on any atom is -0.372 e. The highest BCUT2D eigenvalue weighted by Gasteiger charge is 2.30. The second-order valence-corrected chi connectivity index (χ2v) is 5.57. The summed E-state index contributed by atoms with van der Waals surface area (Å²) in [6.07, 6.45) is 5.12. The fraction of sp³-hybridized carbons (Fsp3) is 1.00. The van der Waals surface area contributed by atoms with Crippen LogP contribution in [-0.2, 0) is 9.47 Å². The molecular weight excluding hydrogens is 216 g/mol. The number of rotatable bonds is 8. The van der Waals surface area contributed by atoms with Gasteiger partial charge in [0.05, 0.1) is 25.4 Å². The molecule has 3 aliphatic rings. The highest BCUT2D eigenvalue weighted by Crippen LogP contribution is 2.16. The summed E-state index contributed by atoms with van der Waals surface area (Å²) >= 11 is 0. The maximum absolute atomic E-state index is 5.33. The molecule has 4 nitrogen and oxygen atoms in total. The number of epoxide rings is 2. The molecule has 0 saturated carbocycles. The average molecular weight is 240 g/mol. The van der Waals surface area contributed by atoms with Crippen molar-refractivity contribution in [1.82, 2.24) is 9.80 Å². The average Bonchev–Trinajstić information content (AvgIpc) is 3.23. The standard InChI is InChI=1S/C13H24N2O2/c1-2-5-14(4-1)6-3-7-15(8-12-10-16-12)9-13-11-17-13/h12-13H,1-11H2. The van der Waals surface area contributed by atoms with Crippen LogP contribution in [0.4, 0.5) is 0 Å². The van der Waals surface area contributed by atoms with Gasteiger partial charge in [0.25, 0.3) is 0 Å². The van der Waals surface area contributed by atoms with E-state index >= 15 is 0 Å². The van der Waals surface area contributed by atoms with Gasteiger partial charge in [-0.25, -0.2) is 0 Å². The van der Waals surface area contributed by atoms with Crippen LogP contribution in [0.25, 0.3) is 0 Å². The lowest BCUT2D eigenvalue weighted by molar-refractivity contribution is 0.206. The minimum absolute atomic E-state index is 0.514. The molecule has 3 heterocycles. The summed E-state index contributed by atoms with van der Waals surface area (Å²) in [6, 6.07) is 0. The quantitative estimate of drug-likeness (QED) is 0.581.